The Kier molecular flexibility index (Phi) is 3.40. The number of thioether (sulfide) groups is 1. The summed E-state index contributed by atoms with van der Waals surface area (Å²) >= 11 is 1.49. The molecular formula is C8H14O3S. The molecule has 0 aromatic rings. The molecule has 1 aliphatic heterocycles. The molecule has 0 aliphatic carbocycles. The lowest BCUT2D eigenvalue weighted by molar-refractivity contribution is -0.140. The number of carbonyl (C=O) groups excluding carboxylic acids is 1. The third-order valence-corrected chi connectivity index (χ3v) is 3.11. The van der Waals surface area contributed by atoms with Crippen molar-refractivity contribution in [2.75, 3.05) is 6.61 Å². The molecule has 0 aromatic heterocycles. The van der Waals surface area contributed by atoms with E-state index in [9.17, 15) is 4.79 Å². The standard InChI is InChI=1S/C8H14O3S/c1-5-3-7(8(10)11-5)12-6(2)4-9/h5-7,9H,3-4H2,1-2H3. The summed E-state index contributed by atoms with van der Waals surface area (Å²) in [4.78, 5) is 11.1. The molecule has 1 aliphatic rings. The van der Waals surface area contributed by atoms with Crippen LogP contribution in [0.5, 0.6) is 0 Å². The summed E-state index contributed by atoms with van der Waals surface area (Å²) in [5.41, 5.74) is 0. The van der Waals surface area contributed by atoms with Crippen LogP contribution in [0, 0.1) is 0 Å². The van der Waals surface area contributed by atoms with E-state index in [1.807, 2.05) is 13.8 Å². The van der Waals surface area contributed by atoms with E-state index in [0.29, 0.717) is 0 Å². The molecule has 12 heavy (non-hydrogen) atoms. The molecule has 70 valence electrons. The van der Waals surface area contributed by atoms with E-state index in [4.69, 9.17) is 9.84 Å². The highest BCUT2D eigenvalue weighted by molar-refractivity contribution is 8.01. The minimum Gasteiger partial charge on any atom is -0.462 e. The van der Waals surface area contributed by atoms with E-state index in [-0.39, 0.29) is 29.2 Å². The zero-order chi connectivity index (χ0) is 9.14. The Morgan fingerprint density at radius 2 is 2.50 bits per heavy atom. The van der Waals surface area contributed by atoms with Crippen LogP contribution in [0.1, 0.15) is 20.3 Å². The van der Waals surface area contributed by atoms with Gasteiger partial charge in [-0.1, -0.05) is 6.92 Å². The zero-order valence-electron chi connectivity index (χ0n) is 7.32. The van der Waals surface area contributed by atoms with Crippen molar-refractivity contribution in [2.24, 2.45) is 0 Å². The largest absolute Gasteiger partial charge is 0.462 e. The minimum atomic E-state index is -0.132. The topological polar surface area (TPSA) is 46.5 Å². The van der Waals surface area contributed by atoms with Crippen LogP contribution in [0.25, 0.3) is 0 Å². The second-order valence-electron chi connectivity index (χ2n) is 3.10. The van der Waals surface area contributed by atoms with Crippen LogP contribution in [0.2, 0.25) is 0 Å². The predicted octanol–water partition coefficient (Wildman–Crippen LogP) is 0.804. The van der Waals surface area contributed by atoms with Crippen molar-refractivity contribution in [2.45, 2.75) is 36.9 Å². The minimum absolute atomic E-state index is 0.0425. The maximum absolute atomic E-state index is 11.1. The highest BCUT2D eigenvalue weighted by Gasteiger charge is 2.33. The third-order valence-electron chi connectivity index (χ3n) is 1.78. The summed E-state index contributed by atoms with van der Waals surface area (Å²) in [6.07, 6.45) is 0.814. The molecule has 1 fully saturated rings. The number of hydrogen-bond acceptors (Lipinski definition) is 4. The molecule has 0 aromatic carbocycles. The van der Waals surface area contributed by atoms with Crippen LogP contribution >= 0.6 is 11.8 Å². The van der Waals surface area contributed by atoms with Gasteiger partial charge in [0, 0.05) is 11.7 Å². The highest BCUT2D eigenvalue weighted by Crippen LogP contribution is 2.28. The number of aliphatic hydroxyl groups is 1. The van der Waals surface area contributed by atoms with E-state index in [0.717, 1.165) is 6.42 Å². The molecule has 0 radical (unpaired) electrons. The van der Waals surface area contributed by atoms with Crippen molar-refractivity contribution in [1.82, 2.24) is 0 Å². The lowest BCUT2D eigenvalue weighted by Gasteiger charge is -2.09. The Bertz CT molecular complexity index is 172. The Morgan fingerprint density at radius 1 is 1.83 bits per heavy atom. The molecule has 1 N–H and O–H groups in total. The van der Waals surface area contributed by atoms with E-state index in [1.165, 1.54) is 11.8 Å². The fourth-order valence-corrected chi connectivity index (χ4v) is 2.35. The van der Waals surface area contributed by atoms with Crippen LogP contribution in [0.3, 0.4) is 0 Å². The van der Waals surface area contributed by atoms with Crippen molar-refractivity contribution in [3.8, 4) is 0 Å². The van der Waals surface area contributed by atoms with Gasteiger partial charge in [0.15, 0.2) is 0 Å². The van der Waals surface area contributed by atoms with Crippen LogP contribution in [-0.4, -0.2) is 34.3 Å². The first kappa shape index (κ1) is 9.86. The molecule has 0 spiro atoms. The van der Waals surface area contributed by atoms with Crippen molar-refractivity contribution in [1.29, 1.82) is 0 Å². The van der Waals surface area contributed by atoms with Gasteiger partial charge in [-0.25, -0.2) is 0 Å². The number of rotatable bonds is 3. The second-order valence-corrected chi connectivity index (χ2v) is 4.75. The van der Waals surface area contributed by atoms with Gasteiger partial charge in [0.1, 0.15) is 11.4 Å². The van der Waals surface area contributed by atoms with Gasteiger partial charge in [-0.05, 0) is 6.92 Å². The van der Waals surface area contributed by atoms with Crippen LogP contribution in [0.4, 0.5) is 0 Å². The summed E-state index contributed by atoms with van der Waals surface area (Å²) < 4.78 is 4.98. The van der Waals surface area contributed by atoms with Gasteiger partial charge < -0.3 is 9.84 Å². The predicted molar refractivity (Wildman–Crippen MR) is 48.1 cm³/mol. The lowest BCUT2D eigenvalue weighted by Crippen LogP contribution is -2.15. The van der Waals surface area contributed by atoms with E-state index in [2.05, 4.69) is 0 Å². The molecular weight excluding hydrogens is 176 g/mol. The van der Waals surface area contributed by atoms with Crippen molar-refractivity contribution in [3.63, 3.8) is 0 Å². The normalized spacial score (nSPS) is 31.8. The van der Waals surface area contributed by atoms with Crippen LogP contribution < -0.4 is 0 Å². The Hall–Kier alpha value is -0.220. The molecule has 1 saturated heterocycles. The first-order chi connectivity index (χ1) is 5.63. The summed E-state index contributed by atoms with van der Waals surface area (Å²) in [5, 5.41) is 8.83. The van der Waals surface area contributed by atoms with Gasteiger partial charge in [0.05, 0.1) is 6.61 Å². The van der Waals surface area contributed by atoms with Gasteiger partial charge in [-0.3, -0.25) is 4.79 Å². The summed E-state index contributed by atoms with van der Waals surface area (Å²) in [6.45, 7) is 3.91. The van der Waals surface area contributed by atoms with Gasteiger partial charge in [-0.2, -0.15) is 0 Å². The molecule has 1 rings (SSSR count). The molecule has 0 amide bonds. The Morgan fingerprint density at radius 3 is 2.92 bits per heavy atom. The fraction of sp³-hybridized carbons (Fsp3) is 0.875. The molecule has 3 atom stereocenters. The van der Waals surface area contributed by atoms with Crippen LogP contribution in [-0.2, 0) is 9.53 Å². The SMILES string of the molecule is CC1CC(SC(C)CO)C(=O)O1. The molecule has 0 bridgehead atoms. The van der Waals surface area contributed by atoms with Crippen molar-refractivity contribution >= 4 is 17.7 Å². The monoisotopic (exact) mass is 190 g/mol. The van der Waals surface area contributed by atoms with Gasteiger partial charge in [0.25, 0.3) is 0 Å². The van der Waals surface area contributed by atoms with E-state index in [1.54, 1.807) is 0 Å². The molecule has 3 nitrogen and oxygen atoms in total. The number of hydrogen-bond donors (Lipinski definition) is 1. The van der Waals surface area contributed by atoms with Gasteiger partial charge in [-0.15, -0.1) is 11.8 Å². The van der Waals surface area contributed by atoms with Crippen molar-refractivity contribution in [3.05, 3.63) is 0 Å². The summed E-state index contributed by atoms with van der Waals surface area (Å²) in [5.74, 6) is -0.132. The molecule has 4 heteroatoms. The van der Waals surface area contributed by atoms with E-state index < -0.39 is 0 Å². The number of aliphatic hydroxyl groups excluding tert-OH is 1. The maximum Gasteiger partial charge on any atom is 0.319 e. The average Bonchev–Trinajstić information content (AvgIpc) is 2.30. The molecule has 0 saturated carbocycles. The zero-order valence-corrected chi connectivity index (χ0v) is 8.13. The number of carbonyl (C=O) groups is 1. The average molecular weight is 190 g/mol. The smallest absolute Gasteiger partial charge is 0.319 e. The van der Waals surface area contributed by atoms with Gasteiger partial charge >= 0.3 is 5.97 Å². The number of ether oxygens (including phenoxy) is 1. The molecule has 1 heterocycles. The highest BCUT2D eigenvalue weighted by atomic mass is 32.2. The van der Waals surface area contributed by atoms with Crippen molar-refractivity contribution < 1.29 is 14.6 Å². The number of esters is 1. The first-order valence-electron chi connectivity index (χ1n) is 4.10. The molecule has 3 unspecified atom stereocenters. The lowest BCUT2D eigenvalue weighted by atomic mass is 10.3. The summed E-state index contributed by atoms with van der Waals surface area (Å²) in [7, 11) is 0. The quantitative estimate of drug-likeness (QED) is 0.669. The Labute approximate surface area is 76.5 Å². The first-order valence-corrected chi connectivity index (χ1v) is 5.04. The Balaban J connectivity index is 2.37. The fourth-order valence-electron chi connectivity index (χ4n) is 1.15. The third kappa shape index (κ3) is 2.38. The number of cyclic esters (lactones) is 1. The summed E-state index contributed by atoms with van der Waals surface area (Å²) in [6, 6.07) is 0. The van der Waals surface area contributed by atoms with Gasteiger partial charge in [0.2, 0.25) is 0 Å². The van der Waals surface area contributed by atoms with E-state index >= 15 is 0 Å². The maximum atomic E-state index is 11.1. The second kappa shape index (κ2) is 4.14. The van der Waals surface area contributed by atoms with Crippen LogP contribution in [0.15, 0.2) is 0 Å².